The number of fused-ring (bicyclic) bond motifs is 5. The van der Waals surface area contributed by atoms with Crippen LogP contribution in [0.5, 0.6) is 0 Å². The number of imidazole rings is 1. The summed E-state index contributed by atoms with van der Waals surface area (Å²) >= 11 is 0. The fraction of sp³-hybridized carbons (Fsp3) is 0.345. The van der Waals surface area contributed by atoms with Crippen molar-refractivity contribution < 1.29 is 4.57 Å². The summed E-state index contributed by atoms with van der Waals surface area (Å²) in [5.74, 6) is 1.31. The molecule has 4 aromatic rings. The third-order valence-electron chi connectivity index (χ3n) is 8.29. The lowest BCUT2D eigenvalue weighted by atomic mass is 9.61. The molecule has 0 spiro atoms. The second-order valence-electron chi connectivity index (χ2n) is 9.58. The molecule has 0 radical (unpaired) electrons. The van der Waals surface area contributed by atoms with Crippen molar-refractivity contribution in [1.82, 2.24) is 4.57 Å². The smallest absolute Gasteiger partial charge is 0.216 e. The van der Waals surface area contributed by atoms with Crippen molar-refractivity contribution in [3.05, 3.63) is 83.4 Å². The van der Waals surface area contributed by atoms with Gasteiger partial charge >= 0.3 is 0 Å². The zero-order chi connectivity index (χ0) is 22.0. The van der Waals surface area contributed by atoms with E-state index in [1.807, 2.05) is 0 Å². The molecule has 1 aromatic heterocycles. The molecule has 2 atom stereocenters. The van der Waals surface area contributed by atoms with Crippen LogP contribution in [0.15, 0.2) is 66.7 Å². The molecule has 0 amide bonds. The normalized spacial score (nSPS) is 22.4. The van der Waals surface area contributed by atoms with Crippen LogP contribution in [0.3, 0.4) is 0 Å². The van der Waals surface area contributed by atoms with Crippen molar-refractivity contribution in [3.63, 3.8) is 0 Å². The number of nitrogens with zero attached hydrogens (tertiary/aromatic N) is 2. The molecule has 1 aliphatic heterocycles. The van der Waals surface area contributed by atoms with Crippen molar-refractivity contribution in [2.75, 3.05) is 0 Å². The minimum atomic E-state index is -0.0348. The molecule has 31 heavy (non-hydrogen) atoms. The van der Waals surface area contributed by atoms with Crippen LogP contribution in [0.4, 0.5) is 0 Å². The van der Waals surface area contributed by atoms with Crippen LogP contribution in [0.1, 0.15) is 57.2 Å². The van der Waals surface area contributed by atoms with Gasteiger partial charge in [-0.3, -0.25) is 0 Å². The molecule has 2 nitrogen and oxygen atoms in total. The highest BCUT2D eigenvalue weighted by Crippen LogP contribution is 2.51. The van der Waals surface area contributed by atoms with Gasteiger partial charge in [-0.05, 0) is 68.5 Å². The van der Waals surface area contributed by atoms with Crippen LogP contribution in [-0.2, 0) is 11.0 Å². The molecule has 3 aromatic carbocycles. The van der Waals surface area contributed by atoms with Crippen LogP contribution in [0.2, 0.25) is 0 Å². The summed E-state index contributed by atoms with van der Waals surface area (Å²) in [5.41, 5.74) is 9.36. The monoisotopic (exact) mass is 409 g/mol. The Hall–Kier alpha value is -2.87. The molecule has 2 heteroatoms. The number of para-hydroxylation sites is 3. The van der Waals surface area contributed by atoms with E-state index in [0.717, 1.165) is 12.8 Å². The number of benzene rings is 3. The van der Waals surface area contributed by atoms with E-state index in [2.05, 4.69) is 117 Å². The van der Waals surface area contributed by atoms with Crippen molar-refractivity contribution in [3.8, 4) is 17.1 Å². The predicted molar refractivity (Wildman–Crippen MR) is 130 cm³/mol. The zero-order valence-electron chi connectivity index (χ0n) is 19.7. The topological polar surface area (TPSA) is 8.81 Å². The van der Waals surface area contributed by atoms with Crippen molar-refractivity contribution in [2.24, 2.45) is 0 Å². The Morgan fingerprint density at radius 2 is 1.42 bits per heavy atom. The fourth-order valence-corrected chi connectivity index (χ4v) is 6.11. The molecule has 2 heterocycles. The number of hydrogen-bond donors (Lipinski definition) is 0. The first-order valence-corrected chi connectivity index (χ1v) is 11.6. The molecule has 0 aliphatic carbocycles. The van der Waals surface area contributed by atoms with E-state index in [9.17, 15) is 0 Å². The lowest BCUT2D eigenvalue weighted by molar-refractivity contribution is -0.743. The maximum atomic E-state index is 2.67. The highest BCUT2D eigenvalue weighted by molar-refractivity contribution is 5.82. The zero-order valence-corrected chi connectivity index (χ0v) is 19.7. The summed E-state index contributed by atoms with van der Waals surface area (Å²) < 4.78 is 5.20. The van der Waals surface area contributed by atoms with E-state index < -0.39 is 0 Å². The Kier molecular flexibility index (Phi) is 4.41. The average molecular weight is 410 g/mol. The summed E-state index contributed by atoms with van der Waals surface area (Å²) in [6.45, 7) is 14.1. The van der Waals surface area contributed by atoms with Gasteiger partial charge in [0.15, 0.2) is 11.0 Å². The number of hydrogen-bond acceptors (Lipinski definition) is 0. The molecule has 158 valence electrons. The van der Waals surface area contributed by atoms with Crippen molar-refractivity contribution in [2.45, 2.75) is 65.3 Å². The van der Waals surface area contributed by atoms with E-state index in [1.54, 1.807) is 0 Å². The predicted octanol–water partition coefficient (Wildman–Crippen LogP) is 7.01. The summed E-state index contributed by atoms with van der Waals surface area (Å²) in [5, 5.41) is 0. The molecule has 0 saturated carbocycles. The molecule has 1 aliphatic rings. The van der Waals surface area contributed by atoms with Crippen LogP contribution >= 0.6 is 0 Å². The number of aryl methyl sites for hydroxylation is 2. The number of aromatic nitrogens is 2. The molecule has 0 fully saturated rings. The highest BCUT2D eigenvalue weighted by atomic mass is 15.2. The molecule has 0 N–H and O–H groups in total. The molecule has 5 rings (SSSR count). The Bertz CT molecular complexity index is 1290. The number of rotatable bonds is 3. The summed E-state index contributed by atoms with van der Waals surface area (Å²) in [4.78, 5) is 0. The van der Waals surface area contributed by atoms with Crippen LogP contribution < -0.4 is 4.57 Å². The SMILES string of the molecule is CCC1(C)c2ccccc2-c2n(-c3c(C)cccc3C)c3ccccc3[n+]2C1(C)CC. The van der Waals surface area contributed by atoms with Gasteiger partial charge < -0.3 is 0 Å². The van der Waals surface area contributed by atoms with E-state index >= 15 is 0 Å². The summed E-state index contributed by atoms with van der Waals surface area (Å²) in [6.07, 6.45) is 2.17. The molecular weight excluding hydrogens is 376 g/mol. The third kappa shape index (κ3) is 2.42. The van der Waals surface area contributed by atoms with Gasteiger partial charge in [0, 0.05) is 5.41 Å². The van der Waals surface area contributed by atoms with Crippen LogP contribution in [0.25, 0.3) is 28.1 Å². The maximum absolute atomic E-state index is 2.67. The quantitative estimate of drug-likeness (QED) is 0.322. The van der Waals surface area contributed by atoms with E-state index in [4.69, 9.17) is 0 Å². The van der Waals surface area contributed by atoms with E-state index in [0.29, 0.717) is 0 Å². The summed E-state index contributed by atoms with van der Waals surface area (Å²) in [7, 11) is 0. The fourth-order valence-electron chi connectivity index (χ4n) is 6.11. The van der Waals surface area contributed by atoms with Gasteiger partial charge in [-0.15, -0.1) is 0 Å². The Morgan fingerprint density at radius 3 is 2.10 bits per heavy atom. The molecular formula is C29H33N2+. The van der Waals surface area contributed by atoms with Gasteiger partial charge in [0.2, 0.25) is 0 Å². The second-order valence-corrected chi connectivity index (χ2v) is 9.58. The van der Waals surface area contributed by atoms with Crippen molar-refractivity contribution >= 4 is 11.0 Å². The molecule has 0 bridgehead atoms. The maximum Gasteiger partial charge on any atom is 0.295 e. The Balaban J connectivity index is 2.06. The van der Waals surface area contributed by atoms with E-state index in [1.165, 1.54) is 44.8 Å². The average Bonchev–Trinajstić information content (AvgIpc) is 3.13. The standard InChI is InChI=1S/C29H33N2/c1-7-28(5)23-17-10-9-16-22(23)27-30(26-20(3)14-13-15-21(26)4)24-18-11-12-19-25(24)31(27)29(28,6)8-2/h9-19H,7-8H2,1-6H3/q+1. The van der Waals surface area contributed by atoms with Gasteiger partial charge in [0.05, 0.1) is 5.56 Å². The Labute approximate surface area is 186 Å². The summed E-state index contributed by atoms with van der Waals surface area (Å²) in [6, 6.07) is 24.7. The highest BCUT2D eigenvalue weighted by Gasteiger charge is 2.56. The minimum Gasteiger partial charge on any atom is -0.216 e. The molecule has 0 saturated heterocycles. The second kappa shape index (κ2) is 6.82. The lowest BCUT2D eigenvalue weighted by Gasteiger charge is -2.47. The van der Waals surface area contributed by atoms with Gasteiger partial charge in [-0.1, -0.05) is 69.3 Å². The third-order valence-corrected chi connectivity index (χ3v) is 8.29. The van der Waals surface area contributed by atoms with E-state index in [-0.39, 0.29) is 11.0 Å². The Morgan fingerprint density at radius 1 is 0.774 bits per heavy atom. The van der Waals surface area contributed by atoms with Crippen molar-refractivity contribution in [1.29, 1.82) is 0 Å². The lowest BCUT2D eigenvalue weighted by Crippen LogP contribution is -2.67. The van der Waals surface area contributed by atoms with Gasteiger partial charge in [-0.2, -0.15) is 4.57 Å². The first kappa shape index (κ1) is 20.1. The minimum absolute atomic E-state index is 0.0348. The van der Waals surface area contributed by atoms with Gasteiger partial charge in [0.25, 0.3) is 5.82 Å². The van der Waals surface area contributed by atoms with Crippen LogP contribution in [0, 0.1) is 13.8 Å². The van der Waals surface area contributed by atoms with Gasteiger partial charge in [-0.25, -0.2) is 4.57 Å². The first-order valence-electron chi connectivity index (χ1n) is 11.6. The van der Waals surface area contributed by atoms with Crippen LogP contribution in [-0.4, -0.2) is 4.57 Å². The largest absolute Gasteiger partial charge is 0.295 e. The molecule has 2 unspecified atom stereocenters. The van der Waals surface area contributed by atoms with Gasteiger partial charge in [0.1, 0.15) is 11.2 Å². The first-order chi connectivity index (χ1) is 14.9.